The summed E-state index contributed by atoms with van der Waals surface area (Å²) in [6.45, 7) is 4.93. The maximum Gasteiger partial charge on any atom is 0.246 e. The average molecular weight is 268 g/mol. The lowest BCUT2D eigenvalue weighted by Crippen LogP contribution is -2.36. The van der Waals surface area contributed by atoms with Crippen molar-refractivity contribution in [2.24, 2.45) is 5.92 Å². The van der Waals surface area contributed by atoms with Crippen molar-refractivity contribution >= 4 is 5.91 Å². The maximum atomic E-state index is 12.3. The number of aromatic nitrogens is 2. The summed E-state index contributed by atoms with van der Waals surface area (Å²) < 4.78 is 10.0. The Morgan fingerprint density at radius 2 is 2.47 bits per heavy atom. The van der Waals surface area contributed by atoms with Crippen LogP contribution in [0.1, 0.15) is 25.1 Å². The van der Waals surface area contributed by atoms with Crippen LogP contribution in [0.3, 0.4) is 0 Å². The molecule has 1 aliphatic rings. The molecule has 0 aromatic carbocycles. The topological polar surface area (TPSA) is 80.5 Å². The van der Waals surface area contributed by atoms with Gasteiger partial charge in [-0.05, 0) is 19.9 Å². The zero-order chi connectivity index (χ0) is 13.7. The molecule has 0 unspecified atom stereocenters. The quantitative estimate of drug-likeness (QED) is 0.792. The van der Waals surface area contributed by atoms with Crippen LogP contribution < -0.4 is 5.32 Å². The minimum Gasteiger partial charge on any atom is -0.377 e. The fourth-order valence-corrected chi connectivity index (χ4v) is 2.17. The van der Waals surface area contributed by atoms with E-state index in [1.165, 1.54) is 0 Å². The third-order valence-corrected chi connectivity index (χ3v) is 3.21. The molecule has 0 bridgehead atoms. The molecule has 2 heterocycles. The van der Waals surface area contributed by atoms with E-state index in [0.29, 0.717) is 31.4 Å². The minimum absolute atomic E-state index is 0.0707. The van der Waals surface area contributed by atoms with E-state index in [0.717, 1.165) is 19.5 Å². The molecule has 1 N–H and O–H groups in total. The van der Waals surface area contributed by atoms with Gasteiger partial charge in [0.15, 0.2) is 5.82 Å². The minimum atomic E-state index is 0.0707. The smallest absolute Gasteiger partial charge is 0.246 e. The van der Waals surface area contributed by atoms with Gasteiger partial charge >= 0.3 is 0 Å². The Balaban J connectivity index is 1.95. The van der Waals surface area contributed by atoms with Gasteiger partial charge in [0.05, 0.1) is 12.5 Å². The van der Waals surface area contributed by atoms with Crippen LogP contribution in [0.2, 0.25) is 0 Å². The van der Waals surface area contributed by atoms with Gasteiger partial charge in [-0.2, -0.15) is 4.98 Å². The molecule has 7 nitrogen and oxygen atoms in total. The van der Waals surface area contributed by atoms with E-state index in [1.807, 2.05) is 6.92 Å². The Morgan fingerprint density at radius 1 is 1.63 bits per heavy atom. The largest absolute Gasteiger partial charge is 0.377 e. The van der Waals surface area contributed by atoms with Crippen molar-refractivity contribution in [2.75, 3.05) is 26.7 Å². The highest BCUT2D eigenvalue weighted by atomic mass is 16.5. The summed E-state index contributed by atoms with van der Waals surface area (Å²) in [5.41, 5.74) is 0. The van der Waals surface area contributed by atoms with Gasteiger partial charge in [0.1, 0.15) is 6.61 Å². The summed E-state index contributed by atoms with van der Waals surface area (Å²) in [7, 11) is 1.57. The lowest BCUT2D eigenvalue weighted by molar-refractivity contribution is -0.135. The van der Waals surface area contributed by atoms with E-state index in [1.54, 1.807) is 12.0 Å². The number of methoxy groups -OCH3 is 1. The van der Waals surface area contributed by atoms with Gasteiger partial charge in [-0.25, -0.2) is 0 Å². The standard InChI is InChI=1S/C12H20N4O3/c1-3-16(12(17)9-4-5-13-6-9)7-11-14-10(8-18-2)15-19-11/h9,13H,3-8H2,1-2H3/t9-/m1/s1. The van der Waals surface area contributed by atoms with Crippen LogP contribution in [-0.4, -0.2) is 47.7 Å². The van der Waals surface area contributed by atoms with Crippen molar-refractivity contribution in [2.45, 2.75) is 26.5 Å². The number of carbonyl (C=O) groups is 1. The summed E-state index contributed by atoms with van der Waals surface area (Å²) in [6.07, 6.45) is 0.897. The first kappa shape index (κ1) is 14.0. The molecule has 1 aliphatic heterocycles. The number of nitrogens with zero attached hydrogens (tertiary/aromatic N) is 3. The number of carbonyl (C=O) groups excluding carboxylic acids is 1. The second kappa shape index (κ2) is 6.63. The highest BCUT2D eigenvalue weighted by molar-refractivity contribution is 5.79. The predicted octanol–water partition coefficient (Wildman–Crippen LogP) is 0.174. The van der Waals surface area contributed by atoms with E-state index in [2.05, 4.69) is 15.5 Å². The zero-order valence-corrected chi connectivity index (χ0v) is 11.4. The molecule has 0 saturated carbocycles. The highest BCUT2D eigenvalue weighted by Gasteiger charge is 2.27. The van der Waals surface area contributed by atoms with Crippen LogP contribution in [0, 0.1) is 5.92 Å². The Labute approximate surface area is 112 Å². The van der Waals surface area contributed by atoms with Gasteiger partial charge in [-0.3, -0.25) is 4.79 Å². The van der Waals surface area contributed by atoms with Gasteiger partial charge in [-0.15, -0.1) is 0 Å². The molecule has 19 heavy (non-hydrogen) atoms. The summed E-state index contributed by atoms with van der Waals surface area (Å²) in [6, 6.07) is 0. The molecule has 1 aromatic heterocycles. The monoisotopic (exact) mass is 268 g/mol. The van der Waals surface area contributed by atoms with Crippen LogP contribution >= 0.6 is 0 Å². The first-order valence-electron chi connectivity index (χ1n) is 6.54. The molecule has 106 valence electrons. The first-order chi connectivity index (χ1) is 9.24. The van der Waals surface area contributed by atoms with Crippen molar-refractivity contribution in [3.8, 4) is 0 Å². The highest BCUT2D eigenvalue weighted by Crippen LogP contribution is 2.13. The molecular weight excluding hydrogens is 248 g/mol. The first-order valence-corrected chi connectivity index (χ1v) is 6.54. The van der Waals surface area contributed by atoms with E-state index in [-0.39, 0.29) is 11.8 Å². The molecule has 1 aromatic rings. The molecule has 2 rings (SSSR count). The zero-order valence-electron chi connectivity index (χ0n) is 11.4. The molecule has 1 saturated heterocycles. The molecule has 1 amide bonds. The van der Waals surface area contributed by atoms with Crippen molar-refractivity contribution in [1.29, 1.82) is 0 Å². The van der Waals surface area contributed by atoms with E-state index in [9.17, 15) is 4.79 Å². The van der Waals surface area contributed by atoms with E-state index in [4.69, 9.17) is 9.26 Å². The van der Waals surface area contributed by atoms with Crippen LogP contribution in [0.15, 0.2) is 4.52 Å². The number of nitrogens with one attached hydrogen (secondary N) is 1. The third kappa shape index (κ3) is 3.51. The van der Waals surface area contributed by atoms with Crippen LogP contribution in [0.5, 0.6) is 0 Å². The molecule has 0 spiro atoms. The van der Waals surface area contributed by atoms with Gasteiger partial charge < -0.3 is 19.5 Å². The Morgan fingerprint density at radius 3 is 3.11 bits per heavy atom. The average Bonchev–Trinajstić information content (AvgIpc) is 3.07. The van der Waals surface area contributed by atoms with Crippen molar-refractivity contribution < 1.29 is 14.1 Å². The Bertz CT molecular complexity index is 415. The molecule has 0 aliphatic carbocycles. The van der Waals surface area contributed by atoms with Crippen LogP contribution in [0.25, 0.3) is 0 Å². The fourth-order valence-electron chi connectivity index (χ4n) is 2.17. The van der Waals surface area contributed by atoms with Gasteiger partial charge in [-0.1, -0.05) is 5.16 Å². The Hall–Kier alpha value is -1.47. The van der Waals surface area contributed by atoms with Crippen LogP contribution in [0.4, 0.5) is 0 Å². The molecule has 7 heteroatoms. The maximum absolute atomic E-state index is 12.3. The van der Waals surface area contributed by atoms with E-state index >= 15 is 0 Å². The van der Waals surface area contributed by atoms with Gasteiger partial charge in [0, 0.05) is 20.2 Å². The second-order valence-electron chi connectivity index (χ2n) is 4.58. The summed E-state index contributed by atoms with van der Waals surface area (Å²) in [5.74, 6) is 1.18. The fraction of sp³-hybridized carbons (Fsp3) is 0.750. The number of rotatable bonds is 6. The Kier molecular flexibility index (Phi) is 4.86. The predicted molar refractivity (Wildman–Crippen MR) is 67.1 cm³/mol. The van der Waals surface area contributed by atoms with Crippen molar-refractivity contribution in [3.63, 3.8) is 0 Å². The van der Waals surface area contributed by atoms with Crippen LogP contribution in [-0.2, 0) is 22.7 Å². The summed E-state index contributed by atoms with van der Waals surface area (Å²) in [4.78, 5) is 18.2. The molecular formula is C12H20N4O3. The lowest BCUT2D eigenvalue weighted by atomic mass is 10.1. The summed E-state index contributed by atoms with van der Waals surface area (Å²) in [5, 5.41) is 6.99. The number of amides is 1. The number of ether oxygens (including phenoxy) is 1. The summed E-state index contributed by atoms with van der Waals surface area (Å²) >= 11 is 0. The van der Waals surface area contributed by atoms with Gasteiger partial charge in [0.25, 0.3) is 0 Å². The van der Waals surface area contributed by atoms with Crippen molar-refractivity contribution in [1.82, 2.24) is 20.4 Å². The van der Waals surface area contributed by atoms with Crippen molar-refractivity contribution in [3.05, 3.63) is 11.7 Å². The number of hydrogen-bond acceptors (Lipinski definition) is 6. The lowest BCUT2D eigenvalue weighted by Gasteiger charge is -2.22. The normalized spacial score (nSPS) is 18.7. The third-order valence-electron chi connectivity index (χ3n) is 3.21. The van der Waals surface area contributed by atoms with Gasteiger partial charge in [0.2, 0.25) is 11.8 Å². The SMILES string of the molecule is CCN(Cc1nc(COC)no1)C(=O)[C@@H]1CCNC1. The number of hydrogen-bond donors (Lipinski definition) is 1. The molecule has 1 fully saturated rings. The van der Waals surface area contributed by atoms with E-state index < -0.39 is 0 Å². The molecule has 1 atom stereocenters. The molecule has 0 radical (unpaired) electrons. The second-order valence-corrected chi connectivity index (χ2v) is 4.58.